The quantitative estimate of drug-likeness (QED) is 0.377. The summed E-state index contributed by atoms with van der Waals surface area (Å²) in [6.07, 6.45) is -3.98. The normalized spacial score (nSPS) is 24.7. The lowest BCUT2D eigenvalue weighted by Gasteiger charge is -2.31. The summed E-state index contributed by atoms with van der Waals surface area (Å²) in [4.78, 5) is 25.1. The molecule has 1 aliphatic rings. The first kappa shape index (κ1) is 27.0. The first-order valence-electron chi connectivity index (χ1n) is 11.7. The standard InChI is InChI=1S/C26H34O8Si/c1-17(2)25(3,4)35-32-16-26(30)22(27)21(33-24(29)19-13-9-6-10-14-19)20(34-26)15-31-23(28)18-11-7-5-8-12-18/h5-14,17,20-22,27,30H,15-16,35H2,1-4H3/t20-,21-,22+,26+/m1/s1. The Labute approximate surface area is 208 Å². The van der Waals surface area contributed by atoms with Gasteiger partial charge in [0.2, 0.25) is 5.79 Å². The number of aliphatic hydroxyl groups excluding tert-OH is 1. The zero-order valence-electron chi connectivity index (χ0n) is 20.5. The molecule has 1 heterocycles. The fraction of sp³-hybridized carbons (Fsp3) is 0.462. The second-order valence-corrected chi connectivity index (χ2v) is 12.3. The van der Waals surface area contributed by atoms with Gasteiger partial charge in [-0.05, 0) is 35.2 Å². The largest absolute Gasteiger partial charge is 0.459 e. The van der Waals surface area contributed by atoms with Crippen LogP contribution < -0.4 is 0 Å². The van der Waals surface area contributed by atoms with Crippen molar-refractivity contribution in [3.63, 3.8) is 0 Å². The summed E-state index contributed by atoms with van der Waals surface area (Å²) in [5, 5.41) is 22.0. The number of benzene rings is 2. The molecule has 0 spiro atoms. The Bertz CT molecular complexity index is 981. The van der Waals surface area contributed by atoms with E-state index in [2.05, 4.69) is 27.7 Å². The minimum Gasteiger partial charge on any atom is -0.459 e. The lowest BCUT2D eigenvalue weighted by atomic mass is 9.99. The van der Waals surface area contributed by atoms with Gasteiger partial charge in [0, 0.05) is 0 Å². The van der Waals surface area contributed by atoms with Crippen LogP contribution in [0.1, 0.15) is 48.4 Å². The van der Waals surface area contributed by atoms with Crippen molar-refractivity contribution >= 4 is 21.7 Å². The van der Waals surface area contributed by atoms with Gasteiger partial charge in [0.05, 0.1) is 17.7 Å². The van der Waals surface area contributed by atoms with E-state index in [1.165, 1.54) is 0 Å². The molecule has 0 saturated carbocycles. The molecule has 1 saturated heterocycles. The van der Waals surface area contributed by atoms with Crippen LogP contribution >= 0.6 is 0 Å². The molecule has 0 aliphatic carbocycles. The van der Waals surface area contributed by atoms with Crippen molar-refractivity contribution < 1.29 is 38.4 Å². The number of esters is 2. The molecule has 2 aromatic carbocycles. The molecule has 8 nitrogen and oxygen atoms in total. The Morgan fingerprint density at radius 3 is 2.11 bits per heavy atom. The van der Waals surface area contributed by atoms with Crippen LogP contribution in [0.15, 0.2) is 60.7 Å². The van der Waals surface area contributed by atoms with E-state index in [4.69, 9.17) is 18.6 Å². The second-order valence-electron chi connectivity index (χ2n) is 9.78. The molecule has 0 unspecified atom stereocenters. The lowest BCUT2D eigenvalue weighted by Crippen LogP contribution is -2.48. The van der Waals surface area contributed by atoms with Crippen LogP contribution in [0.5, 0.6) is 0 Å². The molecule has 0 radical (unpaired) electrons. The molecule has 0 aromatic heterocycles. The first-order chi connectivity index (χ1) is 16.5. The Morgan fingerprint density at radius 2 is 1.57 bits per heavy atom. The maximum Gasteiger partial charge on any atom is 0.338 e. The number of carbonyl (C=O) groups is 2. The van der Waals surface area contributed by atoms with Crippen LogP contribution in [0.4, 0.5) is 0 Å². The van der Waals surface area contributed by atoms with Crippen LogP contribution in [0.3, 0.4) is 0 Å². The lowest BCUT2D eigenvalue weighted by molar-refractivity contribution is -0.244. The van der Waals surface area contributed by atoms with Gasteiger partial charge in [-0.25, -0.2) is 9.59 Å². The van der Waals surface area contributed by atoms with Crippen LogP contribution in [-0.2, 0) is 18.6 Å². The van der Waals surface area contributed by atoms with Crippen LogP contribution in [0, 0.1) is 5.92 Å². The van der Waals surface area contributed by atoms with Crippen molar-refractivity contribution in [2.75, 3.05) is 13.2 Å². The average Bonchev–Trinajstić information content (AvgIpc) is 3.07. The van der Waals surface area contributed by atoms with Gasteiger partial charge >= 0.3 is 11.9 Å². The van der Waals surface area contributed by atoms with Gasteiger partial charge in [-0.2, -0.15) is 0 Å². The zero-order valence-corrected chi connectivity index (χ0v) is 22.0. The van der Waals surface area contributed by atoms with E-state index in [1.807, 2.05) is 0 Å². The number of hydrogen-bond acceptors (Lipinski definition) is 8. The molecule has 3 rings (SSSR count). The monoisotopic (exact) mass is 502 g/mol. The predicted octanol–water partition coefficient (Wildman–Crippen LogP) is 2.47. The summed E-state index contributed by atoms with van der Waals surface area (Å²) in [6.45, 7) is 7.75. The number of rotatable bonds is 10. The van der Waals surface area contributed by atoms with Crippen molar-refractivity contribution in [3.8, 4) is 0 Å². The van der Waals surface area contributed by atoms with Gasteiger partial charge in [-0.1, -0.05) is 64.1 Å². The molecule has 190 valence electrons. The van der Waals surface area contributed by atoms with Crippen molar-refractivity contribution in [1.29, 1.82) is 0 Å². The van der Waals surface area contributed by atoms with E-state index in [-0.39, 0.29) is 23.8 Å². The molecule has 1 aliphatic heterocycles. The maximum absolute atomic E-state index is 12.7. The van der Waals surface area contributed by atoms with E-state index < -0.39 is 45.8 Å². The van der Waals surface area contributed by atoms with Crippen LogP contribution in [0.2, 0.25) is 5.04 Å². The predicted molar refractivity (Wildman–Crippen MR) is 132 cm³/mol. The van der Waals surface area contributed by atoms with E-state index in [1.54, 1.807) is 60.7 Å². The number of aliphatic hydroxyl groups is 2. The SMILES string of the molecule is CC(C)C(C)(C)[SiH2]OC[C@]1(O)O[C@H](COC(=O)c2ccccc2)[C@@H](OC(=O)c2ccccc2)[C@@H]1O. The van der Waals surface area contributed by atoms with Gasteiger partial charge < -0.3 is 28.8 Å². The van der Waals surface area contributed by atoms with Crippen LogP contribution in [-0.4, -0.2) is 69.2 Å². The molecule has 4 atom stereocenters. The smallest absolute Gasteiger partial charge is 0.338 e. The Kier molecular flexibility index (Phi) is 8.84. The Morgan fingerprint density at radius 1 is 1.03 bits per heavy atom. The molecule has 2 N–H and O–H groups in total. The fourth-order valence-corrected chi connectivity index (χ4v) is 4.71. The summed E-state index contributed by atoms with van der Waals surface area (Å²) in [5.41, 5.74) is 0.613. The molecule has 9 heteroatoms. The van der Waals surface area contributed by atoms with Crippen molar-refractivity contribution in [1.82, 2.24) is 0 Å². The maximum atomic E-state index is 12.7. The molecular formula is C26H34O8Si. The zero-order chi connectivity index (χ0) is 25.6. The average molecular weight is 503 g/mol. The van der Waals surface area contributed by atoms with E-state index in [0.29, 0.717) is 11.5 Å². The summed E-state index contributed by atoms with van der Waals surface area (Å²) in [5.74, 6) is -3.04. The van der Waals surface area contributed by atoms with Gasteiger partial charge in [0.1, 0.15) is 18.8 Å². The van der Waals surface area contributed by atoms with E-state index in [9.17, 15) is 19.8 Å². The minimum absolute atomic E-state index is 0.0380. The molecule has 0 amide bonds. The van der Waals surface area contributed by atoms with Crippen molar-refractivity contribution in [2.24, 2.45) is 5.92 Å². The minimum atomic E-state index is -2.12. The van der Waals surface area contributed by atoms with Crippen LogP contribution in [0.25, 0.3) is 0 Å². The Balaban J connectivity index is 1.72. The molecule has 1 fully saturated rings. The number of carbonyl (C=O) groups excluding carboxylic acids is 2. The van der Waals surface area contributed by atoms with Gasteiger partial charge in [-0.3, -0.25) is 0 Å². The highest BCUT2D eigenvalue weighted by Gasteiger charge is 2.56. The van der Waals surface area contributed by atoms with Crippen molar-refractivity contribution in [3.05, 3.63) is 71.8 Å². The molecule has 0 bridgehead atoms. The topological polar surface area (TPSA) is 112 Å². The fourth-order valence-electron chi connectivity index (χ4n) is 3.46. The molecular weight excluding hydrogens is 468 g/mol. The third kappa shape index (κ3) is 6.77. The summed E-state index contributed by atoms with van der Waals surface area (Å²) < 4.78 is 22.5. The van der Waals surface area contributed by atoms with Gasteiger partial charge in [-0.15, -0.1) is 0 Å². The number of hydrogen-bond donors (Lipinski definition) is 2. The second kappa shape index (κ2) is 11.4. The first-order valence-corrected chi connectivity index (χ1v) is 13.0. The highest BCUT2D eigenvalue weighted by Crippen LogP contribution is 2.35. The summed E-state index contributed by atoms with van der Waals surface area (Å²) in [6, 6.07) is 16.7. The van der Waals surface area contributed by atoms with Gasteiger partial charge in [0.15, 0.2) is 15.9 Å². The van der Waals surface area contributed by atoms with Gasteiger partial charge in [0.25, 0.3) is 0 Å². The third-order valence-corrected chi connectivity index (χ3v) is 8.45. The summed E-state index contributed by atoms with van der Waals surface area (Å²) in [7, 11) is -1.10. The highest BCUT2D eigenvalue weighted by molar-refractivity contribution is 6.32. The van der Waals surface area contributed by atoms with E-state index >= 15 is 0 Å². The molecule has 35 heavy (non-hydrogen) atoms. The highest BCUT2D eigenvalue weighted by atomic mass is 28.2. The number of ether oxygens (including phenoxy) is 3. The summed E-state index contributed by atoms with van der Waals surface area (Å²) >= 11 is 0. The Hall–Kier alpha value is -2.56. The third-order valence-electron chi connectivity index (χ3n) is 6.48. The van der Waals surface area contributed by atoms with Crippen molar-refractivity contribution in [2.45, 2.75) is 56.8 Å². The van der Waals surface area contributed by atoms with E-state index in [0.717, 1.165) is 0 Å². The molecule has 2 aromatic rings.